The second-order valence-electron chi connectivity index (χ2n) is 5.90. The molecule has 2 heterocycles. The first-order valence-corrected chi connectivity index (χ1v) is 9.49. The minimum atomic E-state index is -0.773. The SMILES string of the molecule is COC(=O)C1(CNC(=O)[C@H](C)NC(=O)c2ccc(Br)s2)CCOCC1. The predicted octanol–water partition coefficient (Wildman–Crippen LogP) is 1.71. The van der Waals surface area contributed by atoms with E-state index in [4.69, 9.17) is 9.47 Å². The van der Waals surface area contributed by atoms with Gasteiger partial charge in [-0.15, -0.1) is 11.3 Å². The molecule has 25 heavy (non-hydrogen) atoms. The van der Waals surface area contributed by atoms with E-state index in [2.05, 4.69) is 26.6 Å². The number of methoxy groups -OCH3 is 1. The van der Waals surface area contributed by atoms with Gasteiger partial charge < -0.3 is 20.1 Å². The summed E-state index contributed by atoms with van der Waals surface area (Å²) in [7, 11) is 1.34. The minimum absolute atomic E-state index is 0.159. The van der Waals surface area contributed by atoms with Gasteiger partial charge in [-0.1, -0.05) is 0 Å². The molecule has 1 atom stereocenters. The van der Waals surface area contributed by atoms with E-state index in [1.807, 2.05) is 0 Å². The van der Waals surface area contributed by atoms with Crippen LogP contribution in [0.2, 0.25) is 0 Å². The van der Waals surface area contributed by atoms with E-state index in [0.29, 0.717) is 30.9 Å². The topological polar surface area (TPSA) is 93.7 Å². The number of rotatable bonds is 6. The molecule has 0 bridgehead atoms. The molecule has 0 unspecified atom stereocenters. The molecule has 1 saturated heterocycles. The fraction of sp³-hybridized carbons (Fsp3) is 0.562. The zero-order valence-electron chi connectivity index (χ0n) is 14.1. The number of carbonyl (C=O) groups excluding carboxylic acids is 3. The van der Waals surface area contributed by atoms with E-state index >= 15 is 0 Å². The first-order valence-electron chi connectivity index (χ1n) is 7.88. The Balaban J connectivity index is 1.91. The Hall–Kier alpha value is -1.45. The van der Waals surface area contributed by atoms with E-state index in [-0.39, 0.29) is 24.3 Å². The fourth-order valence-corrected chi connectivity index (χ4v) is 3.90. The molecule has 0 aliphatic carbocycles. The predicted molar refractivity (Wildman–Crippen MR) is 96.5 cm³/mol. The van der Waals surface area contributed by atoms with Gasteiger partial charge in [-0.05, 0) is 47.8 Å². The van der Waals surface area contributed by atoms with Crippen LogP contribution < -0.4 is 10.6 Å². The lowest BCUT2D eigenvalue weighted by molar-refractivity contribution is -0.158. The Kier molecular flexibility index (Phi) is 6.97. The Morgan fingerprint density at radius 1 is 1.36 bits per heavy atom. The second kappa shape index (κ2) is 8.77. The normalized spacial score (nSPS) is 17.4. The summed E-state index contributed by atoms with van der Waals surface area (Å²) < 4.78 is 11.0. The van der Waals surface area contributed by atoms with Gasteiger partial charge in [-0.3, -0.25) is 14.4 Å². The molecule has 7 nitrogen and oxygen atoms in total. The quantitative estimate of drug-likeness (QED) is 0.667. The van der Waals surface area contributed by atoms with Crippen LogP contribution in [-0.4, -0.2) is 50.7 Å². The van der Waals surface area contributed by atoms with E-state index < -0.39 is 11.5 Å². The Morgan fingerprint density at radius 2 is 2.04 bits per heavy atom. The van der Waals surface area contributed by atoms with Crippen molar-refractivity contribution in [2.75, 3.05) is 26.9 Å². The molecule has 0 spiro atoms. The fourth-order valence-electron chi connectivity index (χ4n) is 2.61. The highest BCUT2D eigenvalue weighted by Crippen LogP contribution is 2.31. The van der Waals surface area contributed by atoms with Gasteiger partial charge >= 0.3 is 5.97 Å². The van der Waals surface area contributed by atoms with E-state index in [0.717, 1.165) is 3.79 Å². The number of amides is 2. The minimum Gasteiger partial charge on any atom is -0.469 e. The van der Waals surface area contributed by atoms with Gasteiger partial charge in [0, 0.05) is 19.8 Å². The van der Waals surface area contributed by atoms with Gasteiger partial charge in [-0.25, -0.2) is 0 Å². The second-order valence-corrected chi connectivity index (χ2v) is 8.36. The average molecular weight is 433 g/mol. The molecule has 2 rings (SSSR count). The number of hydrogen-bond acceptors (Lipinski definition) is 6. The van der Waals surface area contributed by atoms with Crippen LogP contribution in [0.15, 0.2) is 15.9 Å². The van der Waals surface area contributed by atoms with Crippen LogP contribution in [0, 0.1) is 5.41 Å². The smallest absolute Gasteiger partial charge is 0.313 e. The highest BCUT2D eigenvalue weighted by Gasteiger charge is 2.41. The van der Waals surface area contributed by atoms with Crippen LogP contribution in [0.4, 0.5) is 0 Å². The monoisotopic (exact) mass is 432 g/mol. The van der Waals surface area contributed by atoms with E-state index in [1.165, 1.54) is 18.4 Å². The van der Waals surface area contributed by atoms with Crippen LogP contribution in [0.25, 0.3) is 0 Å². The molecule has 1 fully saturated rings. The van der Waals surface area contributed by atoms with E-state index in [1.54, 1.807) is 19.1 Å². The zero-order chi connectivity index (χ0) is 18.4. The van der Waals surface area contributed by atoms with Gasteiger partial charge in [0.1, 0.15) is 6.04 Å². The van der Waals surface area contributed by atoms with Crippen molar-refractivity contribution < 1.29 is 23.9 Å². The molecule has 0 aromatic carbocycles. The molecule has 138 valence electrons. The summed E-state index contributed by atoms with van der Waals surface area (Å²) >= 11 is 4.59. The third kappa shape index (κ3) is 5.02. The molecular weight excluding hydrogens is 412 g/mol. The van der Waals surface area contributed by atoms with Crippen molar-refractivity contribution >= 4 is 45.1 Å². The summed E-state index contributed by atoms with van der Waals surface area (Å²) in [5.41, 5.74) is -0.773. The summed E-state index contributed by atoms with van der Waals surface area (Å²) in [4.78, 5) is 37.1. The largest absolute Gasteiger partial charge is 0.469 e. The van der Waals surface area contributed by atoms with Gasteiger partial charge in [-0.2, -0.15) is 0 Å². The van der Waals surface area contributed by atoms with Crippen molar-refractivity contribution in [3.05, 3.63) is 20.8 Å². The van der Waals surface area contributed by atoms with Gasteiger partial charge in [0.05, 0.1) is 21.2 Å². The van der Waals surface area contributed by atoms with Crippen molar-refractivity contribution in [3.8, 4) is 0 Å². The number of hydrogen-bond donors (Lipinski definition) is 2. The number of carbonyl (C=O) groups is 3. The molecular formula is C16H21BrN2O5S. The molecule has 1 aromatic rings. The third-order valence-electron chi connectivity index (χ3n) is 4.21. The summed E-state index contributed by atoms with van der Waals surface area (Å²) in [6.45, 7) is 2.66. The third-order valence-corrected chi connectivity index (χ3v) is 5.83. The van der Waals surface area contributed by atoms with Gasteiger partial charge in [0.25, 0.3) is 5.91 Å². The number of nitrogens with one attached hydrogen (secondary N) is 2. The number of halogens is 1. The summed E-state index contributed by atoms with van der Waals surface area (Å²) in [6, 6.07) is 2.74. The maximum atomic E-state index is 12.3. The molecule has 1 aliphatic heterocycles. The number of thiophene rings is 1. The maximum Gasteiger partial charge on any atom is 0.313 e. The molecule has 2 N–H and O–H groups in total. The highest BCUT2D eigenvalue weighted by atomic mass is 79.9. The summed E-state index contributed by atoms with van der Waals surface area (Å²) in [5, 5.41) is 5.40. The van der Waals surface area contributed by atoms with Crippen LogP contribution in [-0.2, 0) is 19.1 Å². The summed E-state index contributed by atoms with van der Waals surface area (Å²) in [5.74, 6) is -1.01. The molecule has 1 aromatic heterocycles. The van der Waals surface area contributed by atoms with Crippen molar-refractivity contribution in [3.63, 3.8) is 0 Å². The Morgan fingerprint density at radius 3 is 2.60 bits per heavy atom. The van der Waals surface area contributed by atoms with Crippen molar-refractivity contribution in [1.82, 2.24) is 10.6 Å². The lowest BCUT2D eigenvalue weighted by Gasteiger charge is -2.34. The van der Waals surface area contributed by atoms with Crippen LogP contribution in [0.1, 0.15) is 29.4 Å². The summed E-state index contributed by atoms with van der Waals surface area (Å²) in [6.07, 6.45) is 0.980. The average Bonchev–Trinajstić information content (AvgIpc) is 3.06. The lowest BCUT2D eigenvalue weighted by atomic mass is 9.80. The van der Waals surface area contributed by atoms with Crippen LogP contribution in [0.3, 0.4) is 0 Å². The first-order chi connectivity index (χ1) is 11.9. The Bertz CT molecular complexity index is 642. The first kappa shape index (κ1) is 19.9. The van der Waals surface area contributed by atoms with Crippen molar-refractivity contribution in [2.45, 2.75) is 25.8 Å². The Labute approximate surface area is 158 Å². The van der Waals surface area contributed by atoms with Crippen molar-refractivity contribution in [2.24, 2.45) is 5.41 Å². The lowest BCUT2D eigenvalue weighted by Crippen LogP contribution is -2.51. The molecule has 0 radical (unpaired) electrons. The van der Waals surface area contributed by atoms with Crippen LogP contribution in [0.5, 0.6) is 0 Å². The number of esters is 1. The van der Waals surface area contributed by atoms with Gasteiger partial charge in [0.15, 0.2) is 0 Å². The molecule has 9 heteroatoms. The van der Waals surface area contributed by atoms with Crippen LogP contribution >= 0.6 is 27.3 Å². The highest BCUT2D eigenvalue weighted by molar-refractivity contribution is 9.11. The number of ether oxygens (including phenoxy) is 2. The standard InChI is InChI=1S/C16H21BrN2O5S/c1-10(19-14(21)11-3-4-12(17)25-11)13(20)18-9-16(15(22)23-2)5-7-24-8-6-16/h3-4,10H,5-9H2,1-2H3,(H,18,20)(H,19,21)/t10-/m0/s1. The van der Waals surface area contributed by atoms with Gasteiger partial charge in [0.2, 0.25) is 5.91 Å². The van der Waals surface area contributed by atoms with E-state index in [9.17, 15) is 14.4 Å². The van der Waals surface area contributed by atoms with Crippen molar-refractivity contribution in [1.29, 1.82) is 0 Å². The zero-order valence-corrected chi connectivity index (χ0v) is 16.5. The molecule has 0 saturated carbocycles. The molecule has 1 aliphatic rings. The maximum absolute atomic E-state index is 12.3. The molecule has 2 amide bonds.